The lowest BCUT2D eigenvalue weighted by molar-refractivity contribution is -0.123. The summed E-state index contributed by atoms with van der Waals surface area (Å²) in [5, 5.41) is 3.30. The third kappa shape index (κ3) is 4.79. The molecule has 0 unspecified atom stereocenters. The molecule has 0 bridgehead atoms. The van der Waals surface area contributed by atoms with E-state index in [0.717, 1.165) is 17.5 Å². The van der Waals surface area contributed by atoms with Crippen molar-refractivity contribution in [1.82, 2.24) is 5.32 Å². The van der Waals surface area contributed by atoms with Crippen molar-refractivity contribution in [1.29, 1.82) is 0 Å². The van der Waals surface area contributed by atoms with Crippen LogP contribution < -0.4 is 19.5 Å². The minimum absolute atomic E-state index is 0.0399. The first-order valence-corrected chi connectivity index (χ1v) is 8.54. The van der Waals surface area contributed by atoms with Crippen molar-refractivity contribution in [2.24, 2.45) is 0 Å². The Morgan fingerprint density at radius 2 is 2.08 bits per heavy atom. The molecule has 2 aromatic rings. The number of carbonyl (C=O) groups excluding carboxylic acids is 1. The molecule has 0 radical (unpaired) electrons. The van der Waals surface area contributed by atoms with E-state index in [1.54, 1.807) is 6.07 Å². The number of ether oxygens (including phenoxy) is 3. The van der Waals surface area contributed by atoms with Gasteiger partial charge in [0.2, 0.25) is 0 Å². The zero-order valence-electron chi connectivity index (χ0n) is 14.0. The summed E-state index contributed by atoms with van der Waals surface area (Å²) in [6.07, 6.45) is 0.813. The zero-order valence-corrected chi connectivity index (χ0v) is 14.8. The number of carbonyl (C=O) groups is 1. The van der Waals surface area contributed by atoms with Gasteiger partial charge in [0.15, 0.2) is 18.1 Å². The van der Waals surface area contributed by atoms with E-state index >= 15 is 0 Å². The molecule has 2 aromatic carbocycles. The Kier molecular flexibility index (Phi) is 5.66. The van der Waals surface area contributed by atoms with Gasteiger partial charge in [-0.05, 0) is 42.3 Å². The van der Waals surface area contributed by atoms with Crippen molar-refractivity contribution in [2.45, 2.75) is 19.9 Å². The fourth-order valence-corrected chi connectivity index (χ4v) is 2.78. The molecule has 1 N–H and O–H groups in total. The Balaban J connectivity index is 1.55. The molecule has 3 rings (SSSR count). The molecule has 0 saturated carbocycles. The highest BCUT2D eigenvalue weighted by Gasteiger charge is 2.16. The number of benzene rings is 2. The van der Waals surface area contributed by atoms with Gasteiger partial charge < -0.3 is 19.5 Å². The lowest BCUT2D eigenvalue weighted by Gasteiger charge is -2.12. The highest BCUT2D eigenvalue weighted by atomic mass is 35.5. The summed E-state index contributed by atoms with van der Waals surface area (Å²) in [7, 11) is 0. The highest BCUT2D eigenvalue weighted by molar-refractivity contribution is 6.32. The van der Waals surface area contributed by atoms with Crippen LogP contribution in [0.5, 0.6) is 17.2 Å². The zero-order chi connectivity index (χ0) is 17.6. The van der Waals surface area contributed by atoms with Gasteiger partial charge in [-0.2, -0.15) is 0 Å². The van der Waals surface area contributed by atoms with Crippen molar-refractivity contribution in [3.8, 4) is 17.2 Å². The summed E-state index contributed by atoms with van der Waals surface area (Å²) in [5.41, 5.74) is 1.93. The van der Waals surface area contributed by atoms with E-state index in [0.29, 0.717) is 42.0 Å². The van der Waals surface area contributed by atoms with Crippen LogP contribution in [0.3, 0.4) is 0 Å². The first kappa shape index (κ1) is 17.4. The van der Waals surface area contributed by atoms with Gasteiger partial charge in [-0.3, -0.25) is 4.79 Å². The standard InChI is InChI=1S/C19H20ClNO4/c1-13-4-2-5-15(8-13)25-12-18(22)21-11-14-9-16(20)19-17(10-14)23-6-3-7-24-19/h2,4-5,8-10H,3,6-7,11-12H2,1H3,(H,21,22). The van der Waals surface area contributed by atoms with Gasteiger partial charge >= 0.3 is 0 Å². The van der Waals surface area contributed by atoms with Crippen LogP contribution >= 0.6 is 11.6 Å². The van der Waals surface area contributed by atoms with Gasteiger partial charge in [0.05, 0.1) is 18.2 Å². The van der Waals surface area contributed by atoms with Crippen LogP contribution in [-0.2, 0) is 11.3 Å². The predicted octanol–water partition coefficient (Wildman–Crippen LogP) is 3.50. The van der Waals surface area contributed by atoms with E-state index in [9.17, 15) is 4.79 Å². The normalized spacial score (nSPS) is 13.0. The monoisotopic (exact) mass is 361 g/mol. The van der Waals surface area contributed by atoms with Gasteiger partial charge in [0.1, 0.15) is 5.75 Å². The van der Waals surface area contributed by atoms with Crippen LogP contribution in [0.4, 0.5) is 0 Å². The summed E-state index contributed by atoms with van der Waals surface area (Å²) < 4.78 is 16.7. The maximum Gasteiger partial charge on any atom is 0.258 e. The number of fused-ring (bicyclic) bond motifs is 1. The second-order valence-corrected chi connectivity index (χ2v) is 6.24. The topological polar surface area (TPSA) is 56.8 Å². The molecule has 25 heavy (non-hydrogen) atoms. The number of halogens is 1. The minimum Gasteiger partial charge on any atom is -0.489 e. The molecule has 0 aliphatic carbocycles. The molecule has 0 aromatic heterocycles. The van der Waals surface area contributed by atoms with Gasteiger partial charge in [-0.15, -0.1) is 0 Å². The fraction of sp³-hybridized carbons (Fsp3) is 0.316. The van der Waals surface area contributed by atoms with Crippen molar-refractivity contribution in [3.63, 3.8) is 0 Å². The van der Waals surface area contributed by atoms with Crippen molar-refractivity contribution in [3.05, 3.63) is 52.5 Å². The maximum absolute atomic E-state index is 12.0. The Bertz CT molecular complexity index is 763. The Labute approximate surface area is 151 Å². The summed E-state index contributed by atoms with van der Waals surface area (Å²) in [6, 6.07) is 11.2. The molecule has 1 aliphatic rings. The molecular weight excluding hydrogens is 342 g/mol. The van der Waals surface area contributed by atoms with Crippen LogP contribution in [0, 0.1) is 6.92 Å². The van der Waals surface area contributed by atoms with Crippen LogP contribution in [-0.4, -0.2) is 25.7 Å². The van der Waals surface area contributed by atoms with Crippen LogP contribution in [0.25, 0.3) is 0 Å². The van der Waals surface area contributed by atoms with E-state index in [1.807, 2.05) is 37.3 Å². The number of hydrogen-bond acceptors (Lipinski definition) is 4. The Morgan fingerprint density at radius 3 is 2.92 bits per heavy atom. The molecule has 1 amide bonds. The molecular formula is C19H20ClNO4. The summed E-state index contributed by atoms with van der Waals surface area (Å²) in [4.78, 5) is 12.0. The van der Waals surface area contributed by atoms with Crippen molar-refractivity contribution < 1.29 is 19.0 Å². The average molecular weight is 362 g/mol. The molecule has 1 heterocycles. The lowest BCUT2D eigenvalue weighted by atomic mass is 10.2. The molecule has 0 spiro atoms. The second-order valence-electron chi connectivity index (χ2n) is 5.84. The van der Waals surface area contributed by atoms with Gasteiger partial charge in [-0.25, -0.2) is 0 Å². The highest BCUT2D eigenvalue weighted by Crippen LogP contribution is 2.37. The summed E-state index contributed by atoms with van der Waals surface area (Å²) in [5.74, 6) is 1.65. The summed E-state index contributed by atoms with van der Waals surface area (Å²) >= 11 is 6.25. The molecule has 1 aliphatic heterocycles. The smallest absolute Gasteiger partial charge is 0.258 e. The number of aryl methyl sites for hydroxylation is 1. The van der Waals surface area contributed by atoms with E-state index in [-0.39, 0.29) is 12.5 Å². The number of amides is 1. The second kappa shape index (κ2) is 8.12. The number of rotatable bonds is 5. The van der Waals surface area contributed by atoms with Gasteiger partial charge in [0.25, 0.3) is 5.91 Å². The molecule has 0 saturated heterocycles. The van der Waals surface area contributed by atoms with Crippen molar-refractivity contribution >= 4 is 17.5 Å². The predicted molar refractivity (Wildman–Crippen MR) is 95.6 cm³/mol. The lowest BCUT2D eigenvalue weighted by Crippen LogP contribution is -2.28. The number of nitrogens with one attached hydrogen (secondary N) is 1. The third-order valence-corrected chi connectivity index (χ3v) is 3.99. The minimum atomic E-state index is -0.204. The fourth-order valence-electron chi connectivity index (χ4n) is 2.49. The SMILES string of the molecule is Cc1cccc(OCC(=O)NCc2cc(Cl)c3c(c2)OCCCO3)c1. The third-order valence-electron chi connectivity index (χ3n) is 3.71. The first-order valence-electron chi connectivity index (χ1n) is 8.16. The van der Waals surface area contributed by atoms with Gasteiger partial charge in [-0.1, -0.05) is 23.7 Å². The largest absolute Gasteiger partial charge is 0.489 e. The molecule has 0 fully saturated rings. The summed E-state index contributed by atoms with van der Waals surface area (Å²) in [6.45, 7) is 3.44. The van der Waals surface area contributed by atoms with E-state index in [2.05, 4.69) is 5.32 Å². The Morgan fingerprint density at radius 1 is 1.24 bits per heavy atom. The van der Waals surface area contributed by atoms with E-state index in [4.69, 9.17) is 25.8 Å². The number of hydrogen-bond donors (Lipinski definition) is 1. The van der Waals surface area contributed by atoms with Crippen LogP contribution in [0.15, 0.2) is 36.4 Å². The van der Waals surface area contributed by atoms with Crippen LogP contribution in [0.2, 0.25) is 5.02 Å². The molecule has 132 valence electrons. The van der Waals surface area contributed by atoms with Crippen molar-refractivity contribution in [2.75, 3.05) is 19.8 Å². The van der Waals surface area contributed by atoms with E-state index < -0.39 is 0 Å². The maximum atomic E-state index is 12.0. The first-order chi connectivity index (χ1) is 12.1. The Hall–Kier alpha value is -2.40. The molecule has 6 heteroatoms. The molecule has 0 atom stereocenters. The van der Waals surface area contributed by atoms with Crippen LogP contribution in [0.1, 0.15) is 17.5 Å². The van der Waals surface area contributed by atoms with E-state index in [1.165, 1.54) is 0 Å². The quantitative estimate of drug-likeness (QED) is 0.885. The van der Waals surface area contributed by atoms with Gasteiger partial charge in [0, 0.05) is 13.0 Å². The average Bonchev–Trinajstić information content (AvgIpc) is 2.84. The molecule has 5 nitrogen and oxygen atoms in total.